The summed E-state index contributed by atoms with van der Waals surface area (Å²) in [6.07, 6.45) is 4.72. The Bertz CT molecular complexity index is 149. The minimum Gasteiger partial charge on any atom is -0.396 e. The molecular weight excluding hydrogens is 118 g/mol. The molecule has 0 fully saturated rings. The van der Waals surface area contributed by atoms with E-state index in [9.17, 15) is 0 Å². The van der Waals surface area contributed by atoms with E-state index in [1.807, 2.05) is 0 Å². The van der Waals surface area contributed by atoms with Crippen molar-refractivity contribution in [2.24, 2.45) is 0 Å². The number of nitrogens with zero attached hydrogens (tertiary/aromatic N) is 3. The second-order valence-corrected chi connectivity index (χ2v) is 1.68. The molecule has 0 saturated carbocycles. The van der Waals surface area contributed by atoms with Gasteiger partial charge in [0.25, 0.3) is 0 Å². The highest BCUT2D eigenvalue weighted by Gasteiger charge is 1.87. The fraction of sp³-hybridized carbons (Fsp3) is 0.600. The number of hydrogen-bond acceptors (Lipinski definition) is 3. The molecular formula is C5H8N3O. The molecule has 0 unspecified atom stereocenters. The number of aliphatic hydroxyl groups excluding tert-OH is 1. The van der Waals surface area contributed by atoms with Gasteiger partial charge >= 0.3 is 0 Å². The highest BCUT2D eigenvalue weighted by atomic mass is 16.3. The first-order valence-corrected chi connectivity index (χ1v) is 2.80. The van der Waals surface area contributed by atoms with Crippen molar-refractivity contribution in [3.8, 4) is 0 Å². The predicted octanol–water partition coefficient (Wildman–Crippen LogP) is -0.539. The smallest absolute Gasteiger partial charge is 0.220 e. The lowest BCUT2D eigenvalue weighted by Gasteiger charge is -1.94. The van der Waals surface area contributed by atoms with Crippen molar-refractivity contribution in [3.63, 3.8) is 0 Å². The first-order valence-electron chi connectivity index (χ1n) is 2.80. The lowest BCUT2D eigenvalue weighted by atomic mass is 10.5. The molecule has 0 saturated heterocycles. The maximum absolute atomic E-state index is 8.39. The van der Waals surface area contributed by atoms with Crippen LogP contribution in [0.2, 0.25) is 0 Å². The highest BCUT2D eigenvalue weighted by Crippen LogP contribution is 1.83. The van der Waals surface area contributed by atoms with Crippen LogP contribution in [0.15, 0.2) is 6.33 Å². The number of hydrogen-bond donors (Lipinski definition) is 1. The highest BCUT2D eigenvalue weighted by molar-refractivity contribution is 4.53. The Morgan fingerprint density at radius 2 is 2.56 bits per heavy atom. The molecule has 0 atom stereocenters. The van der Waals surface area contributed by atoms with E-state index in [1.165, 1.54) is 0 Å². The van der Waals surface area contributed by atoms with Crippen molar-refractivity contribution >= 4 is 0 Å². The number of aryl methyl sites for hydroxylation is 1. The van der Waals surface area contributed by atoms with Gasteiger partial charge in [-0.2, -0.15) is 0 Å². The van der Waals surface area contributed by atoms with Gasteiger partial charge in [0.1, 0.15) is 6.33 Å². The summed E-state index contributed by atoms with van der Waals surface area (Å²) < 4.78 is 1.64. The van der Waals surface area contributed by atoms with Gasteiger partial charge in [-0.25, -0.2) is 4.98 Å². The zero-order valence-corrected chi connectivity index (χ0v) is 4.99. The Kier molecular flexibility index (Phi) is 2.21. The molecule has 0 aliphatic heterocycles. The van der Waals surface area contributed by atoms with Crippen LogP contribution >= 0.6 is 0 Å². The van der Waals surface area contributed by atoms with Gasteiger partial charge in [-0.05, 0) is 6.42 Å². The van der Waals surface area contributed by atoms with Gasteiger partial charge in [-0.3, -0.25) is 4.68 Å². The lowest BCUT2D eigenvalue weighted by molar-refractivity contribution is 0.277. The second-order valence-electron chi connectivity index (χ2n) is 1.68. The van der Waals surface area contributed by atoms with Crippen LogP contribution in [-0.4, -0.2) is 26.5 Å². The van der Waals surface area contributed by atoms with Crippen molar-refractivity contribution in [1.29, 1.82) is 0 Å². The van der Waals surface area contributed by atoms with Crippen LogP contribution in [0.5, 0.6) is 0 Å². The summed E-state index contributed by atoms with van der Waals surface area (Å²) in [6.45, 7) is 0.910. The Labute approximate surface area is 53.1 Å². The fourth-order valence-electron chi connectivity index (χ4n) is 0.542. The van der Waals surface area contributed by atoms with Crippen LogP contribution in [0.3, 0.4) is 0 Å². The van der Waals surface area contributed by atoms with E-state index >= 15 is 0 Å². The predicted molar refractivity (Wildman–Crippen MR) is 30.6 cm³/mol. The summed E-state index contributed by atoms with van der Waals surface area (Å²) in [4.78, 5) is 3.62. The average molecular weight is 126 g/mol. The maximum atomic E-state index is 8.39. The Balaban J connectivity index is 2.30. The molecule has 0 aliphatic carbocycles. The van der Waals surface area contributed by atoms with E-state index < -0.39 is 0 Å². The zero-order chi connectivity index (χ0) is 6.53. The molecule has 0 aliphatic rings. The van der Waals surface area contributed by atoms with E-state index in [4.69, 9.17) is 5.11 Å². The Hall–Kier alpha value is -0.900. The maximum Gasteiger partial charge on any atom is 0.220 e. The summed E-state index contributed by atoms with van der Waals surface area (Å²) >= 11 is 0. The molecule has 4 heteroatoms. The molecule has 1 aromatic rings. The van der Waals surface area contributed by atoms with Crippen LogP contribution in [0.25, 0.3) is 0 Å². The van der Waals surface area contributed by atoms with Gasteiger partial charge in [0.2, 0.25) is 6.33 Å². The van der Waals surface area contributed by atoms with E-state index in [2.05, 4.69) is 16.4 Å². The van der Waals surface area contributed by atoms with Gasteiger partial charge < -0.3 is 5.11 Å². The fourth-order valence-corrected chi connectivity index (χ4v) is 0.542. The largest absolute Gasteiger partial charge is 0.396 e. The third-order valence-electron chi connectivity index (χ3n) is 0.967. The molecule has 4 nitrogen and oxygen atoms in total. The molecule has 1 aromatic heterocycles. The molecule has 49 valence electrons. The Morgan fingerprint density at radius 3 is 3.11 bits per heavy atom. The molecule has 0 amide bonds. The molecule has 1 heterocycles. The Morgan fingerprint density at radius 1 is 1.67 bits per heavy atom. The number of rotatable bonds is 3. The first kappa shape index (κ1) is 6.22. The number of aliphatic hydroxyl groups is 1. The summed E-state index contributed by atoms with van der Waals surface area (Å²) in [5.74, 6) is 0. The van der Waals surface area contributed by atoms with Gasteiger partial charge in [0.15, 0.2) is 0 Å². The molecule has 0 bridgehead atoms. The van der Waals surface area contributed by atoms with Crippen molar-refractivity contribution in [1.82, 2.24) is 14.8 Å². The number of aromatic nitrogens is 3. The summed E-state index contributed by atoms with van der Waals surface area (Å²) in [7, 11) is 0. The minimum absolute atomic E-state index is 0.194. The summed E-state index contributed by atoms with van der Waals surface area (Å²) in [5, 5.41) is 12.1. The molecule has 9 heavy (non-hydrogen) atoms. The van der Waals surface area contributed by atoms with E-state index in [0.717, 1.165) is 6.42 Å². The third-order valence-corrected chi connectivity index (χ3v) is 0.967. The van der Waals surface area contributed by atoms with Crippen LogP contribution in [0.1, 0.15) is 6.42 Å². The quantitative estimate of drug-likeness (QED) is 0.591. The van der Waals surface area contributed by atoms with Gasteiger partial charge in [-0.15, -0.1) is 5.10 Å². The SMILES string of the molecule is OCCCn1cn[c]n1. The molecule has 1 N–H and O–H groups in total. The summed E-state index contributed by atoms with van der Waals surface area (Å²) in [6, 6.07) is 0. The zero-order valence-electron chi connectivity index (χ0n) is 4.99. The topological polar surface area (TPSA) is 50.9 Å². The lowest BCUT2D eigenvalue weighted by Crippen LogP contribution is -1.99. The van der Waals surface area contributed by atoms with Gasteiger partial charge in [0, 0.05) is 13.2 Å². The third kappa shape index (κ3) is 1.81. The molecule has 1 rings (SSSR count). The van der Waals surface area contributed by atoms with Crippen LogP contribution < -0.4 is 0 Å². The molecule has 0 spiro atoms. The monoisotopic (exact) mass is 126 g/mol. The standard InChI is InChI=1S/C5H8N3O/c9-3-1-2-8-5-6-4-7-8/h5,9H,1-3H2. The molecule has 0 aromatic carbocycles. The van der Waals surface area contributed by atoms with E-state index in [-0.39, 0.29) is 6.61 Å². The van der Waals surface area contributed by atoms with Crippen LogP contribution in [0, 0.1) is 6.33 Å². The van der Waals surface area contributed by atoms with Crippen molar-refractivity contribution < 1.29 is 5.11 Å². The van der Waals surface area contributed by atoms with Gasteiger partial charge in [-0.1, -0.05) is 0 Å². The molecule has 1 radical (unpaired) electrons. The summed E-state index contributed by atoms with van der Waals surface area (Å²) in [5.41, 5.74) is 0. The van der Waals surface area contributed by atoms with Crippen LogP contribution in [0.4, 0.5) is 0 Å². The minimum atomic E-state index is 0.194. The van der Waals surface area contributed by atoms with E-state index in [0.29, 0.717) is 6.54 Å². The average Bonchev–Trinajstić information content (AvgIpc) is 2.34. The van der Waals surface area contributed by atoms with Crippen LogP contribution in [-0.2, 0) is 6.54 Å². The van der Waals surface area contributed by atoms with Crippen molar-refractivity contribution in [2.75, 3.05) is 6.61 Å². The van der Waals surface area contributed by atoms with Crippen molar-refractivity contribution in [3.05, 3.63) is 12.7 Å². The van der Waals surface area contributed by atoms with Gasteiger partial charge in [0.05, 0.1) is 0 Å². The second kappa shape index (κ2) is 3.19. The normalized spacial score (nSPS) is 9.89. The first-order chi connectivity index (χ1) is 4.43. The van der Waals surface area contributed by atoms with Crippen molar-refractivity contribution in [2.45, 2.75) is 13.0 Å². The van der Waals surface area contributed by atoms with E-state index in [1.54, 1.807) is 11.0 Å².